The Balaban J connectivity index is 1.70. The Hall–Kier alpha value is -2.69. The summed E-state index contributed by atoms with van der Waals surface area (Å²) in [7, 11) is 1.63. The maximum Gasteiger partial charge on any atom is 0.251 e. The standard InChI is InChI=1S/C25H33NO4/c1-3-29-24-15-14-19(25(27)26-21-10-7-5-4-6-8-11-21)16-20(24)18-30-23-13-9-12-22(17-23)28-2/h9,12-17,21H,3-8,10-11,18H2,1-2H3,(H,26,27). The summed E-state index contributed by atoms with van der Waals surface area (Å²) < 4.78 is 16.9. The zero-order chi connectivity index (χ0) is 21.2. The molecule has 0 aliphatic heterocycles. The van der Waals surface area contributed by atoms with Crippen LogP contribution in [-0.2, 0) is 6.61 Å². The number of methoxy groups -OCH3 is 1. The molecule has 162 valence electrons. The van der Waals surface area contributed by atoms with Crippen LogP contribution in [0.4, 0.5) is 0 Å². The monoisotopic (exact) mass is 411 g/mol. The second kappa shape index (κ2) is 11.5. The van der Waals surface area contributed by atoms with Crippen LogP contribution in [0.25, 0.3) is 0 Å². The zero-order valence-corrected chi connectivity index (χ0v) is 18.1. The van der Waals surface area contributed by atoms with Crippen molar-refractivity contribution in [2.45, 2.75) is 64.5 Å². The maximum atomic E-state index is 12.9. The number of benzene rings is 2. The van der Waals surface area contributed by atoms with Crippen molar-refractivity contribution in [3.63, 3.8) is 0 Å². The van der Waals surface area contributed by atoms with Crippen LogP contribution in [0.15, 0.2) is 42.5 Å². The van der Waals surface area contributed by atoms with Crippen LogP contribution in [0.5, 0.6) is 17.2 Å². The summed E-state index contributed by atoms with van der Waals surface area (Å²) >= 11 is 0. The summed E-state index contributed by atoms with van der Waals surface area (Å²) in [6.07, 6.45) is 8.35. The van der Waals surface area contributed by atoms with Crippen molar-refractivity contribution in [1.82, 2.24) is 5.32 Å². The van der Waals surface area contributed by atoms with E-state index >= 15 is 0 Å². The van der Waals surface area contributed by atoms with Gasteiger partial charge >= 0.3 is 0 Å². The van der Waals surface area contributed by atoms with Gasteiger partial charge in [-0.25, -0.2) is 0 Å². The van der Waals surface area contributed by atoms with Gasteiger partial charge in [-0.05, 0) is 50.1 Å². The number of carbonyl (C=O) groups excluding carboxylic acids is 1. The number of rotatable bonds is 8. The van der Waals surface area contributed by atoms with Crippen molar-refractivity contribution < 1.29 is 19.0 Å². The van der Waals surface area contributed by atoms with E-state index < -0.39 is 0 Å². The molecule has 5 heteroatoms. The van der Waals surface area contributed by atoms with Crippen molar-refractivity contribution in [3.05, 3.63) is 53.6 Å². The van der Waals surface area contributed by atoms with Crippen LogP contribution >= 0.6 is 0 Å². The van der Waals surface area contributed by atoms with Crippen LogP contribution in [0, 0.1) is 0 Å². The van der Waals surface area contributed by atoms with Gasteiger partial charge in [0.25, 0.3) is 5.91 Å². The topological polar surface area (TPSA) is 56.8 Å². The van der Waals surface area contributed by atoms with E-state index in [0.717, 1.165) is 29.9 Å². The van der Waals surface area contributed by atoms with Gasteiger partial charge in [0.2, 0.25) is 0 Å². The first kappa shape index (κ1) is 22.0. The molecular formula is C25H33NO4. The Labute approximate surface area is 179 Å². The molecule has 0 atom stereocenters. The van der Waals surface area contributed by atoms with Gasteiger partial charge in [-0.1, -0.05) is 38.2 Å². The summed E-state index contributed by atoms with van der Waals surface area (Å²) in [4.78, 5) is 12.9. The number of hydrogen-bond acceptors (Lipinski definition) is 4. The Morgan fingerprint density at radius 2 is 1.70 bits per heavy atom. The van der Waals surface area contributed by atoms with E-state index in [0.29, 0.717) is 24.5 Å². The molecule has 30 heavy (non-hydrogen) atoms. The van der Waals surface area contributed by atoms with Gasteiger partial charge in [-0.15, -0.1) is 0 Å². The van der Waals surface area contributed by atoms with Gasteiger partial charge < -0.3 is 19.5 Å². The summed E-state index contributed by atoms with van der Waals surface area (Å²) in [5, 5.41) is 3.23. The highest BCUT2D eigenvalue weighted by atomic mass is 16.5. The van der Waals surface area contributed by atoms with E-state index in [9.17, 15) is 4.79 Å². The van der Waals surface area contributed by atoms with Gasteiger partial charge in [0, 0.05) is 23.2 Å². The molecule has 1 amide bonds. The largest absolute Gasteiger partial charge is 0.497 e. The van der Waals surface area contributed by atoms with Crippen LogP contribution in [0.2, 0.25) is 0 Å². The highest BCUT2D eigenvalue weighted by Gasteiger charge is 2.17. The second-order valence-corrected chi connectivity index (χ2v) is 7.74. The fourth-order valence-corrected chi connectivity index (χ4v) is 3.85. The lowest BCUT2D eigenvalue weighted by atomic mass is 9.96. The predicted octanol–water partition coefficient (Wildman–Crippen LogP) is 5.52. The van der Waals surface area contributed by atoms with Crippen molar-refractivity contribution in [1.29, 1.82) is 0 Å². The smallest absolute Gasteiger partial charge is 0.251 e. The average Bonchev–Trinajstić information content (AvgIpc) is 2.75. The molecule has 0 bridgehead atoms. The highest BCUT2D eigenvalue weighted by molar-refractivity contribution is 5.94. The first-order chi connectivity index (χ1) is 14.7. The minimum absolute atomic E-state index is 0.0220. The number of amides is 1. The van der Waals surface area contributed by atoms with Crippen LogP contribution in [0.1, 0.15) is 67.8 Å². The molecule has 1 saturated carbocycles. The Bertz CT molecular complexity index is 813. The molecule has 2 aromatic carbocycles. The predicted molar refractivity (Wildman–Crippen MR) is 119 cm³/mol. The molecule has 3 rings (SSSR count). The molecule has 1 aliphatic carbocycles. The fourth-order valence-electron chi connectivity index (χ4n) is 3.85. The van der Waals surface area contributed by atoms with Crippen molar-refractivity contribution in [2.75, 3.05) is 13.7 Å². The summed E-state index contributed by atoms with van der Waals surface area (Å²) in [6.45, 7) is 2.81. The van der Waals surface area contributed by atoms with Gasteiger partial charge in [-0.3, -0.25) is 4.79 Å². The third-order valence-corrected chi connectivity index (χ3v) is 5.50. The minimum atomic E-state index is -0.0220. The summed E-state index contributed by atoms with van der Waals surface area (Å²) in [5.74, 6) is 2.17. The van der Waals surface area contributed by atoms with E-state index in [2.05, 4.69) is 5.32 Å². The Kier molecular flexibility index (Phi) is 8.42. The van der Waals surface area contributed by atoms with E-state index in [1.54, 1.807) is 7.11 Å². The molecule has 2 aromatic rings. The summed E-state index contributed by atoms with van der Waals surface area (Å²) in [5.41, 5.74) is 1.50. The Morgan fingerprint density at radius 3 is 2.43 bits per heavy atom. The lowest BCUT2D eigenvalue weighted by molar-refractivity contribution is 0.0930. The van der Waals surface area contributed by atoms with Gasteiger partial charge in [0.05, 0.1) is 13.7 Å². The molecule has 0 saturated heterocycles. The van der Waals surface area contributed by atoms with Crippen molar-refractivity contribution in [2.24, 2.45) is 0 Å². The lowest BCUT2D eigenvalue weighted by Gasteiger charge is -2.21. The van der Waals surface area contributed by atoms with Crippen molar-refractivity contribution >= 4 is 5.91 Å². The summed E-state index contributed by atoms with van der Waals surface area (Å²) in [6, 6.07) is 13.3. The highest BCUT2D eigenvalue weighted by Crippen LogP contribution is 2.25. The molecular weight excluding hydrogens is 378 g/mol. The van der Waals surface area contributed by atoms with Crippen LogP contribution in [-0.4, -0.2) is 25.7 Å². The van der Waals surface area contributed by atoms with Gasteiger partial charge in [0.1, 0.15) is 23.9 Å². The van der Waals surface area contributed by atoms with E-state index in [-0.39, 0.29) is 11.9 Å². The first-order valence-electron chi connectivity index (χ1n) is 11.0. The zero-order valence-electron chi connectivity index (χ0n) is 18.1. The van der Waals surface area contributed by atoms with Crippen LogP contribution < -0.4 is 19.5 Å². The van der Waals surface area contributed by atoms with E-state index in [1.165, 1.54) is 32.1 Å². The average molecular weight is 412 g/mol. The quantitative estimate of drug-likeness (QED) is 0.622. The third kappa shape index (κ3) is 6.41. The number of ether oxygens (including phenoxy) is 3. The molecule has 1 N–H and O–H groups in total. The molecule has 5 nitrogen and oxygen atoms in total. The molecule has 1 aliphatic rings. The number of carbonyl (C=O) groups is 1. The third-order valence-electron chi connectivity index (χ3n) is 5.50. The molecule has 0 heterocycles. The lowest BCUT2D eigenvalue weighted by Crippen LogP contribution is -2.35. The van der Waals surface area contributed by atoms with Gasteiger partial charge in [-0.2, -0.15) is 0 Å². The molecule has 0 unspecified atom stereocenters. The fraction of sp³-hybridized carbons (Fsp3) is 0.480. The number of nitrogens with one attached hydrogen (secondary N) is 1. The second-order valence-electron chi connectivity index (χ2n) is 7.74. The van der Waals surface area contributed by atoms with Gasteiger partial charge in [0.15, 0.2) is 0 Å². The normalized spacial score (nSPS) is 15.0. The van der Waals surface area contributed by atoms with Crippen LogP contribution in [0.3, 0.4) is 0 Å². The molecule has 1 fully saturated rings. The maximum absolute atomic E-state index is 12.9. The Morgan fingerprint density at radius 1 is 0.967 bits per heavy atom. The molecule has 0 spiro atoms. The minimum Gasteiger partial charge on any atom is -0.497 e. The van der Waals surface area contributed by atoms with Crippen molar-refractivity contribution in [3.8, 4) is 17.2 Å². The molecule has 0 aromatic heterocycles. The SMILES string of the molecule is CCOc1ccc(C(=O)NC2CCCCCCC2)cc1COc1cccc(OC)c1. The first-order valence-corrected chi connectivity index (χ1v) is 11.0. The van der Waals surface area contributed by atoms with E-state index in [1.807, 2.05) is 49.4 Å². The number of hydrogen-bond donors (Lipinski definition) is 1. The molecule has 0 radical (unpaired) electrons. The van der Waals surface area contributed by atoms with E-state index in [4.69, 9.17) is 14.2 Å².